The number of nitrogens with zero attached hydrogens (tertiary/aromatic N) is 4. The van der Waals surface area contributed by atoms with Gasteiger partial charge in [-0.25, -0.2) is 17.5 Å². The number of hydrogen-bond acceptors (Lipinski definition) is 7. The average Bonchev–Trinajstić information content (AvgIpc) is 3.61. The van der Waals surface area contributed by atoms with Gasteiger partial charge in [0, 0.05) is 52.0 Å². The van der Waals surface area contributed by atoms with E-state index in [0.717, 1.165) is 67.9 Å². The van der Waals surface area contributed by atoms with Crippen LogP contribution in [0.15, 0.2) is 95.3 Å². The summed E-state index contributed by atoms with van der Waals surface area (Å²) in [4.78, 5) is 22.6. The maximum atomic E-state index is 13.4. The molecule has 0 saturated carbocycles. The normalized spacial score (nSPS) is 15.0. The van der Waals surface area contributed by atoms with E-state index >= 15 is 0 Å². The van der Waals surface area contributed by atoms with Gasteiger partial charge >= 0.3 is 6.09 Å². The molecule has 1 saturated heterocycles. The van der Waals surface area contributed by atoms with Gasteiger partial charge in [0.1, 0.15) is 10.8 Å². The van der Waals surface area contributed by atoms with Gasteiger partial charge in [0.25, 0.3) is 10.0 Å². The minimum Gasteiger partial charge on any atom is -0.445 e. The lowest BCUT2D eigenvalue weighted by atomic mass is 9.92. The van der Waals surface area contributed by atoms with Crippen LogP contribution >= 0.6 is 11.3 Å². The third-order valence-corrected chi connectivity index (χ3v) is 12.6. The first-order valence-electron chi connectivity index (χ1n) is 17.0. The number of rotatable bonds is 15. The second-order valence-corrected chi connectivity index (χ2v) is 16.1. The molecule has 0 radical (unpaired) electrons. The molecule has 0 N–H and O–H groups in total. The average molecular weight is 689 g/mol. The van der Waals surface area contributed by atoms with E-state index in [1.165, 1.54) is 26.8 Å². The highest BCUT2D eigenvalue weighted by molar-refractivity contribution is 7.91. The van der Waals surface area contributed by atoms with Crippen molar-refractivity contribution in [3.8, 4) is 10.6 Å². The van der Waals surface area contributed by atoms with Gasteiger partial charge in [0.15, 0.2) is 0 Å². The molecule has 0 spiro atoms. The number of carbonyl (C=O) groups is 1. The SMILES string of the molecule is CCN(C(=O)OCc1ccccc1)C1CCN(C[C@@H](CCCN(C)S(=O)(=O)c2ccc(-c3ccccn3)s2)Cc2cccc(C)c2)CC1. The highest BCUT2D eigenvalue weighted by Gasteiger charge is 2.29. The van der Waals surface area contributed by atoms with Crippen LogP contribution in [0.4, 0.5) is 4.79 Å². The molecule has 0 unspecified atom stereocenters. The van der Waals surface area contributed by atoms with E-state index in [2.05, 4.69) is 41.1 Å². The van der Waals surface area contributed by atoms with Crippen molar-refractivity contribution in [2.24, 2.45) is 5.92 Å². The molecule has 2 aromatic heterocycles. The number of carbonyl (C=O) groups excluding carboxylic acids is 1. The fourth-order valence-corrected chi connectivity index (χ4v) is 9.23. The van der Waals surface area contributed by atoms with Crippen LogP contribution in [-0.4, -0.2) is 79.4 Å². The van der Waals surface area contributed by atoms with Gasteiger partial charge in [-0.2, -0.15) is 0 Å². The fourth-order valence-electron chi connectivity index (χ4n) is 6.53. The van der Waals surface area contributed by atoms with Crippen molar-refractivity contribution < 1.29 is 17.9 Å². The van der Waals surface area contributed by atoms with E-state index in [-0.39, 0.29) is 18.7 Å². The third-order valence-electron chi connectivity index (χ3n) is 9.15. The van der Waals surface area contributed by atoms with Crippen LogP contribution in [0.2, 0.25) is 0 Å². The number of hydrogen-bond donors (Lipinski definition) is 0. The van der Waals surface area contributed by atoms with Crippen LogP contribution in [-0.2, 0) is 27.8 Å². The Kier molecular flexibility index (Phi) is 12.8. The van der Waals surface area contributed by atoms with E-state index in [4.69, 9.17) is 4.74 Å². The van der Waals surface area contributed by atoms with Crippen LogP contribution < -0.4 is 0 Å². The molecule has 10 heteroatoms. The highest BCUT2D eigenvalue weighted by atomic mass is 32.2. The van der Waals surface area contributed by atoms with Crippen molar-refractivity contribution in [1.82, 2.24) is 19.1 Å². The minimum absolute atomic E-state index is 0.166. The van der Waals surface area contributed by atoms with Crippen molar-refractivity contribution in [1.29, 1.82) is 0 Å². The molecular weight excluding hydrogens is 641 g/mol. The van der Waals surface area contributed by atoms with Crippen LogP contribution in [0, 0.1) is 12.8 Å². The third kappa shape index (κ3) is 9.75. The summed E-state index contributed by atoms with van der Waals surface area (Å²) in [5, 5.41) is 0. The summed E-state index contributed by atoms with van der Waals surface area (Å²) in [7, 11) is -1.91. The topological polar surface area (TPSA) is 83.0 Å². The summed E-state index contributed by atoms with van der Waals surface area (Å²) >= 11 is 1.26. The number of likely N-dealkylation sites (tertiary alicyclic amines) is 1. The largest absolute Gasteiger partial charge is 0.445 e. The predicted molar refractivity (Wildman–Crippen MR) is 193 cm³/mol. The Morgan fingerprint density at radius 2 is 1.75 bits per heavy atom. The lowest BCUT2D eigenvalue weighted by Gasteiger charge is -2.38. The van der Waals surface area contributed by atoms with Crippen LogP contribution in [0.3, 0.4) is 0 Å². The van der Waals surface area contributed by atoms with E-state index in [1.54, 1.807) is 19.3 Å². The summed E-state index contributed by atoms with van der Waals surface area (Å²) in [5.41, 5.74) is 4.33. The lowest BCUT2D eigenvalue weighted by Crippen LogP contribution is -2.48. The molecule has 1 atom stereocenters. The van der Waals surface area contributed by atoms with Crippen molar-refractivity contribution >= 4 is 27.5 Å². The second kappa shape index (κ2) is 17.2. The Balaban J connectivity index is 1.15. The fraction of sp³-hybridized carbons (Fsp3) is 0.421. The van der Waals surface area contributed by atoms with Gasteiger partial charge < -0.3 is 14.5 Å². The molecule has 5 rings (SSSR count). The number of amides is 1. The minimum atomic E-state index is -3.59. The maximum absolute atomic E-state index is 13.4. The molecule has 3 heterocycles. The van der Waals surface area contributed by atoms with Gasteiger partial charge in [-0.3, -0.25) is 4.98 Å². The molecule has 2 aromatic carbocycles. The lowest BCUT2D eigenvalue weighted by molar-refractivity contribution is 0.0602. The summed E-state index contributed by atoms with van der Waals surface area (Å²) in [6, 6.07) is 27.8. The Morgan fingerprint density at radius 3 is 2.46 bits per heavy atom. The first kappa shape index (κ1) is 35.7. The molecule has 0 aliphatic carbocycles. The van der Waals surface area contributed by atoms with Crippen LogP contribution in [0.1, 0.15) is 49.3 Å². The molecular formula is C38H48N4O4S2. The molecule has 8 nitrogen and oxygen atoms in total. The van der Waals surface area contributed by atoms with Crippen molar-refractivity contribution in [3.63, 3.8) is 0 Å². The number of pyridine rings is 1. The summed E-state index contributed by atoms with van der Waals surface area (Å²) in [5.74, 6) is 0.384. The molecule has 1 fully saturated rings. The number of ether oxygens (including phenoxy) is 1. The summed E-state index contributed by atoms with van der Waals surface area (Å²) in [6.07, 6.45) is 5.94. The molecule has 1 amide bonds. The molecule has 0 bridgehead atoms. The van der Waals surface area contributed by atoms with Crippen LogP contribution in [0.5, 0.6) is 0 Å². The molecule has 4 aromatic rings. The van der Waals surface area contributed by atoms with E-state index < -0.39 is 10.0 Å². The van der Waals surface area contributed by atoms with Gasteiger partial charge in [0.05, 0.1) is 10.6 Å². The number of benzene rings is 2. The highest BCUT2D eigenvalue weighted by Crippen LogP contribution is 2.31. The Hall–Kier alpha value is -3.57. The zero-order chi connectivity index (χ0) is 33.9. The second-order valence-electron chi connectivity index (χ2n) is 12.7. The number of thiophene rings is 1. The van der Waals surface area contributed by atoms with Crippen molar-refractivity contribution in [3.05, 3.63) is 108 Å². The predicted octanol–water partition coefficient (Wildman–Crippen LogP) is 7.50. The first-order valence-corrected chi connectivity index (χ1v) is 19.2. The molecule has 1 aliphatic rings. The van der Waals surface area contributed by atoms with Gasteiger partial charge in [-0.15, -0.1) is 11.3 Å². The quantitative estimate of drug-likeness (QED) is 0.129. The number of aromatic nitrogens is 1. The van der Waals surface area contributed by atoms with Gasteiger partial charge in [0.2, 0.25) is 0 Å². The molecule has 48 heavy (non-hydrogen) atoms. The van der Waals surface area contributed by atoms with E-state index in [0.29, 0.717) is 23.2 Å². The van der Waals surface area contributed by atoms with Crippen LogP contribution in [0.25, 0.3) is 10.6 Å². The Labute approximate surface area is 290 Å². The maximum Gasteiger partial charge on any atom is 0.410 e. The standard InChI is InChI=1S/C38H48N4O4S2/c1-4-42(38(43)46-29-31-13-6-5-7-14-31)34-20-24-41(25-21-34)28-33(27-32-15-10-12-30(2)26-32)16-11-23-40(3)48(44,45)37-19-18-36(47-37)35-17-8-9-22-39-35/h5-10,12-15,17-19,22,26,33-34H,4,11,16,20-21,23-25,27-29H2,1-3H3/t33-/m0/s1. The van der Waals surface area contributed by atoms with Crippen molar-refractivity contribution in [2.75, 3.05) is 39.8 Å². The molecule has 1 aliphatic heterocycles. The molecule has 256 valence electrons. The zero-order valence-corrected chi connectivity index (χ0v) is 30.0. The van der Waals surface area contributed by atoms with Crippen molar-refractivity contribution in [2.45, 2.75) is 62.8 Å². The zero-order valence-electron chi connectivity index (χ0n) is 28.3. The first-order chi connectivity index (χ1) is 23.2. The Morgan fingerprint density at radius 1 is 1.00 bits per heavy atom. The number of aryl methyl sites for hydroxylation is 1. The number of piperidine rings is 1. The monoisotopic (exact) mass is 688 g/mol. The summed E-state index contributed by atoms with van der Waals surface area (Å²) < 4.78 is 34.4. The summed E-state index contributed by atoms with van der Waals surface area (Å²) in [6.45, 7) is 8.29. The Bertz CT molecular complexity index is 1690. The number of sulfonamides is 1. The van der Waals surface area contributed by atoms with E-state index in [1.807, 2.05) is 66.4 Å². The van der Waals surface area contributed by atoms with Gasteiger partial charge in [-0.1, -0.05) is 66.2 Å². The van der Waals surface area contributed by atoms with Gasteiger partial charge in [-0.05, 0) is 87.3 Å². The smallest absolute Gasteiger partial charge is 0.410 e. The van der Waals surface area contributed by atoms with E-state index in [9.17, 15) is 13.2 Å².